The number of nitrogens with zero attached hydrogens (tertiary/aromatic N) is 3. The summed E-state index contributed by atoms with van der Waals surface area (Å²) in [7, 11) is 0. The number of imide groups is 1. The summed E-state index contributed by atoms with van der Waals surface area (Å²) in [4.78, 5) is 149. The maximum Gasteiger partial charge on any atom is 0.343 e. The zero-order valence-electron chi connectivity index (χ0n) is 49.4. The second-order valence-corrected chi connectivity index (χ2v) is 23.6. The van der Waals surface area contributed by atoms with Crippen molar-refractivity contribution in [1.82, 2.24) is 30.4 Å². The van der Waals surface area contributed by atoms with Crippen LogP contribution in [-0.2, 0) is 93.8 Å². The number of ether oxygens (including phenoxy) is 3. The van der Waals surface area contributed by atoms with Gasteiger partial charge in [0, 0.05) is 92.8 Å². The summed E-state index contributed by atoms with van der Waals surface area (Å²) in [5, 5.41) is 20.7. The minimum absolute atomic E-state index is 0.00861. The van der Waals surface area contributed by atoms with Crippen molar-refractivity contribution in [3.8, 4) is 11.4 Å². The average Bonchev–Trinajstić information content (AvgIpc) is 1.47. The van der Waals surface area contributed by atoms with E-state index in [4.69, 9.17) is 19.2 Å². The fourth-order valence-electron chi connectivity index (χ4n) is 11.6. The summed E-state index contributed by atoms with van der Waals surface area (Å²) in [5.74, 6) is -5.45. The molecule has 0 saturated heterocycles. The zero-order chi connectivity index (χ0) is 62.0. The Labute approximate surface area is 497 Å². The number of amides is 5. The van der Waals surface area contributed by atoms with Gasteiger partial charge in [-0.15, -0.1) is 0 Å². The van der Waals surface area contributed by atoms with Gasteiger partial charge in [0.2, 0.25) is 17.7 Å². The maximum absolute atomic E-state index is 15.4. The van der Waals surface area contributed by atoms with Gasteiger partial charge < -0.3 is 39.8 Å². The van der Waals surface area contributed by atoms with Crippen LogP contribution < -0.4 is 21.5 Å². The quantitative estimate of drug-likeness (QED) is 0.0241. The van der Waals surface area contributed by atoms with E-state index in [9.17, 15) is 57.8 Å². The molecule has 458 valence electrons. The van der Waals surface area contributed by atoms with Crippen LogP contribution in [0.4, 0.5) is 4.39 Å². The number of hydrogen-bond donors (Lipinski definition) is 4. The van der Waals surface area contributed by atoms with Crippen molar-refractivity contribution < 1.29 is 71.7 Å². The number of aryl methyl sites for hydroxylation is 1. The van der Waals surface area contributed by atoms with Crippen LogP contribution >= 0.6 is 0 Å². The van der Waals surface area contributed by atoms with Crippen LogP contribution in [0.1, 0.15) is 163 Å². The standard InChI is InChI=1S/C64H75FN6O15/c1-6-64(83)45-31-50-60-43(33-71(50)61(81)44(45)36-85-62(64)82)59-47(20-19-42-37(2)46(65)32-49(69-60)58(42)59)67-53(76)17-13-26-66-52(75)23-21-51(74)48(29-38-14-9-7-10-15-38)68-54(77)22-18-41(73)35-84-34-39(30-57(80)86-63(3,4)5)28-40(72)16-11-8-12-27-70-55(78)24-25-56(70)79/h7,9-10,14-15,24-25,31-32,39,47-48,83H,6,8,11-13,16-23,26-30,33-36H2,1-5H3,(H,66,75)(H,67,76)(H,68,77)/t39-,47-,48-,64-/m0/s1. The van der Waals surface area contributed by atoms with Gasteiger partial charge in [-0.2, -0.15) is 0 Å². The molecule has 8 rings (SSSR count). The normalized spacial score (nSPS) is 17.3. The minimum Gasteiger partial charge on any atom is -0.460 e. The van der Waals surface area contributed by atoms with Crippen molar-refractivity contribution in [2.75, 3.05) is 26.3 Å². The van der Waals surface area contributed by atoms with E-state index in [0.29, 0.717) is 71.1 Å². The van der Waals surface area contributed by atoms with E-state index in [1.807, 2.05) is 0 Å². The Hall–Kier alpha value is -8.11. The molecule has 0 fully saturated rings. The van der Waals surface area contributed by atoms with E-state index >= 15 is 4.39 Å². The predicted octanol–water partition coefficient (Wildman–Crippen LogP) is 5.76. The number of aliphatic hydroxyl groups is 1. The minimum atomic E-state index is -2.04. The van der Waals surface area contributed by atoms with Crippen molar-refractivity contribution in [3.63, 3.8) is 0 Å². The van der Waals surface area contributed by atoms with Gasteiger partial charge in [-0.25, -0.2) is 14.2 Å². The molecule has 5 amide bonds. The lowest BCUT2D eigenvalue weighted by Gasteiger charge is -2.31. The van der Waals surface area contributed by atoms with Crippen molar-refractivity contribution in [3.05, 3.63) is 110 Å². The molecule has 0 unspecified atom stereocenters. The number of Topliss-reactive ketones (excluding diaryl/α,β-unsaturated/α-hetero) is 3. The molecular weight excluding hydrogens is 1110 g/mol. The number of esters is 2. The Morgan fingerprint density at radius 3 is 2.30 bits per heavy atom. The Kier molecular flexibility index (Phi) is 20.8. The van der Waals surface area contributed by atoms with Gasteiger partial charge in [-0.05, 0) is 107 Å². The third-order valence-electron chi connectivity index (χ3n) is 16.1. The molecule has 3 aliphatic heterocycles. The van der Waals surface area contributed by atoms with E-state index in [2.05, 4.69) is 16.0 Å². The molecule has 0 saturated carbocycles. The zero-order valence-corrected chi connectivity index (χ0v) is 49.4. The summed E-state index contributed by atoms with van der Waals surface area (Å²) in [6.07, 6.45) is 4.44. The first-order valence-electron chi connectivity index (χ1n) is 29.5. The molecule has 1 aliphatic carbocycles. The second kappa shape index (κ2) is 27.9. The summed E-state index contributed by atoms with van der Waals surface area (Å²) in [6, 6.07) is 10.3. The maximum atomic E-state index is 15.4. The summed E-state index contributed by atoms with van der Waals surface area (Å²) >= 11 is 0. The lowest BCUT2D eigenvalue weighted by atomic mass is 9.81. The molecule has 4 aromatic rings. The van der Waals surface area contributed by atoms with Gasteiger partial charge in [0.05, 0.1) is 54.1 Å². The van der Waals surface area contributed by atoms with Crippen molar-refractivity contribution in [2.24, 2.45) is 5.92 Å². The van der Waals surface area contributed by atoms with E-state index in [1.165, 1.54) is 22.8 Å². The highest BCUT2D eigenvalue weighted by Gasteiger charge is 2.46. The number of halogens is 1. The highest BCUT2D eigenvalue weighted by atomic mass is 19.1. The fraction of sp³-hybridized carbons (Fsp3) is 0.500. The summed E-state index contributed by atoms with van der Waals surface area (Å²) < 4.78 is 33.3. The number of nitrogens with one attached hydrogen (secondary N) is 3. The number of aromatic nitrogens is 2. The molecule has 21 nitrogen and oxygen atoms in total. The molecule has 0 spiro atoms. The van der Waals surface area contributed by atoms with E-state index < -0.39 is 82.5 Å². The first-order valence-corrected chi connectivity index (χ1v) is 29.5. The number of unbranched alkanes of at least 4 members (excludes halogenated alkanes) is 2. The third-order valence-corrected chi connectivity index (χ3v) is 16.1. The SMILES string of the molecule is CC[C@@]1(O)C(=O)OCc2c1cc1n(c2=O)Cc2c-1nc1cc(F)c(C)c3c1c2[C@@H](NC(=O)CCCNC(=O)CCC(=O)[C@H](Cc1ccccc1)NC(=O)CCC(=O)COC[C@@H](CC(=O)CCCCCN1C(=O)C=CC1=O)CC(=O)OC(C)(C)C)CC3. The molecule has 0 radical (unpaired) electrons. The molecule has 4 aliphatic rings. The van der Waals surface area contributed by atoms with E-state index in [0.717, 1.165) is 16.0 Å². The lowest BCUT2D eigenvalue weighted by Crippen LogP contribution is -2.44. The van der Waals surface area contributed by atoms with Gasteiger partial charge in [0.25, 0.3) is 17.4 Å². The van der Waals surface area contributed by atoms with Crippen LogP contribution in [-0.4, -0.2) is 116 Å². The molecule has 4 atom stereocenters. The largest absolute Gasteiger partial charge is 0.460 e. The van der Waals surface area contributed by atoms with Gasteiger partial charge in [-0.1, -0.05) is 43.7 Å². The Morgan fingerprint density at radius 2 is 1.58 bits per heavy atom. The third kappa shape index (κ3) is 15.5. The number of pyridine rings is 2. The van der Waals surface area contributed by atoms with Gasteiger partial charge >= 0.3 is 11.9 Å². The van der Waals surface area contributed by atoms with Gasteiger partial charge in [-0.3, -0.25) is 52.8 Å². The van der Waals surface area contributed by atoms with Crippen LogP contribution in [0.15, 0.2) is 59.4 Å². The van der Waals surface area contributed by atoms with Crippen LogP contribution in [0.25, 0.3) is 22.3 Å². The van der Waals surface area contributed by atoms with Crippen molar-refractivity contribution in [2.45, 2.75) is 174 Å². The fourth-order valence-corrected chi connectivity index (χ4v) is 11.6. The van der Waals surface area contributed by atoms with Crippen LogP contribution in [0, 0.1) is 18.7 Å². The Bertz CT molecular complexity index is 3420. The number of ketones is 3. The van der Waals surface area contributed by atoms with Crippen molar-refractivity contribution in [1.29, 1.82) is 0 Å². The molecule has 0 bridgehead atoms. The number of carbonyl (C=O) groups excluding carboxylic acids is 10. The average molecular weight is 1190 g/mol. The molecule has 86 heavy (non-hydrogen) atoms. The first kappa shape index (κ1) is 63.9. The molecular formula is C64H75FN6O15. The highest BCUT2D eigenvalue weighted by Crippen LogP contribution is 2.46. The highest BCUT2D eigenvalue weighted by molar-refractivity contribution is 6.12. The molecule has 2 aromatic carbocycles. The molecule has 5 heterocycles. The topological polar surface area (TPSA) is 293 Å². The molecule has 4 N–H and O–H groups in total. The number of fused-ring (bicyclic) bond motifs is 5. The number of carbonyl (C=O) groups is 10. The monoisotopic (exact) mass is 1190 g/mol. The van der Waals surface area contributed by atoms with Crippen LogP contribution in [0.3, 0.4) is 0 Å². The van der Waals surface area contributed by atoms with Crippen molar-refractivity contribution >= 4 is 69.7 Å². The Morgan fingerprint density at radius 1 is 0.849 bits per heavy atom. The number of rotatable bonds is 30. The lowest BCUT2D eigenvalue weighted by molar-refractivity contribution is -0.172. The summed E-state index contributed by atoms with van der Waals surface area (Å²) in [5.41, 5.74) is 1.44. The first-order chi connectivity index (χ1) is 40.9. The number of hydrogen-bond acceptors (Lipinski definition) is 16. The van der Waals surface area contributed by atoms with E-state index in [-0.39, 0.29) is 138 Å². The number of cyclic esters (lactones) is 1. The van der Waals surface area contributed by atoms with Crippen LogP contribution in [0.2, 0.25) is 0 Å². The van der Waals surface area contributed by atoms with Gasteiger partial charge in [0.15, 0.2) is 17.2 Å². The van der Waals surface area contributed by atoms with E-state index in [1.54, 1.807) is 71.0 Å². The van der Waals surface area contributed by atoms with Crippen LogP contribution in [0.5, 0.6) is 0 Å². The number of benzene rings is 2. The van der Waals surface area contributed by atoms with Gasteiger partial charge in [0.1, 0.15) is 30.4 Å². The second-order valence-electron chi connectivity index (χ2n) is 23.6. The Balaban J connectivity index is 0.796. The molecule has 22 heteroatoms. The smallest absolute Gasteiger partial charge is 0.343 e. The predicted molar refractivity (Wildman–Crippen MR) is 310 cm³/mol. The molecule has 2 aromatic heterocycles. The summed E-state index contributed by atoms with van der Waals surface area (Å²) in [6.45, 7) is 8.10.